The molecule has 13 heteroatoms. The molecule has 0 aliphatic carbocycles. The minimum Gasteiger partial charge on any atom is -0.387 e. The van der Waals surface area contributed by atoms with Crippen LogP contribution in [-0.2, 0) is 23.1 Å². The Morgan fingerprint density at radius 1 is 1.04 bits per heavy atom. The molecule has 0 spiro atoms. The largest absolute Gasteiger partial charge is 0.387 e. The lowest BCUT2D eigenvalue weighted by atomic mass is 9.99. The number of anilines is 1. The molecule has 4 N–H and O–H groups in total. The Morgan fingerprint density at radius 3 is 2.56 bits per heavy atom. The molecule has 11 nitrogen and oxygen atoms in total. The fourth-order valence-corrected chi connectivity index (χ4v) is 6.10. The highest BCUT2D eigenvalue weighted by molar-refractivity contribution is 7.92. The van der Waals surface area contributed by atoms with Crippen LogP contribution in [0.25, 0.3) is 11.3 Å². The number of benzene rings is 3. The van der Waals surface area contributed by atoms with Gasteiger partial charge in [0.15, 0.2) is 0 Å². The number of amides is 1. The van der Waals surface area contributed by atoms with Crippen LogP contribution in [0.1, 0.15) is 47.3 Å². The lowest BCUT2D eigenvalue weighted by Gasteiger charge is -2.28. The van der Waals surface area contributed by atoms with E-state index in [9.17, 15) is 18.3 Å². The Kier molecular flexibility index (Phi) is 10.0. The SMILES string of the molecule is CC(C)(CCn1cnc(-c2ccc(C(=O)NCc3nncs3)cc2)c1)NC[C@H](O)c1cccc(NS(=O)(=O)c2ccccc2)c1. The van der Waals surface area contributed by atoms with Gasteiger partial charge in [0.2, 0.25) is 0 Å². The first kappa shape index (κ1) is 32.0. The Hall–Kier alpha value is -4.43. The third-order valence-electron chi connectivity index (χ3n) is 7.23. The van der Waals surface area contributed by atoms with Crippen molar-refractivity contribution in [2.24, 2.45) is 0 Å². The molecular formula is C32H35N7O4S2. The van der Waals surface area contributed by atoms with Gasteiger partial charge in [-0.3, -0.25) is 9.52 Å². The predicted molar refractivity (Wildman–Crippen MR) is 174 cm³/mol. The summed E-state index contributed by atoms with van der Waals surface area (Å²) in [7, 11) is -3.73. The van der Waals surface area contributed by atoms with E-state index in [1.54, 1.807) is 66.4 Å². The van der Waals surface area contributed by atoms with Gasteiger partial charge >= 0.3 is 0 Å². The highest BCUT2D eigenvalue weighted by atomic mass is 32.2. The molecule has 2 heterocycles. The van der Waals surface area contributed by atoms with Gasteiger partial charge in [0, 0.05) is 41.6 Å². The topological polar surface area (TPSA) is 151 Å². The van der Waals surface area contributed by atoms with Crippen molar-refractivity contribution in [1.29, 1.82) is 0 Å². The van der Waals surface area contributed by atoms with Crippen molar-refractivity contribution >= 4 is 33.0 Å². The fourth-order valence-electron chi connectivity index (χ4n) is 4.57. The number of aryl methyl sites for hydroxylation is 1. The number of nitrogens with one attached hydrogen (secondary N) is 3. The van der Waals surface area contributed by atoms with E-state index in [1.807, 2.05) is 22.9 Å². The number of β-amino-alcohol motifs (C(OH)–C–C–N with tert-alkyl or cyclic N) is 1. The standard InChI is InChI=1S/C32H35N7O4S2/c1-32(2,35-18-29(40)25-7-6-8-26(17-25)38-45(42,43)27-9-4-3-5-10-27)15-16-39-20-28(34-21-39)23-11-13-24(14-12-23)31(41)33-19-30-37-36-22-44-30/h3-14,17,20-22,29,35,38,40H,15-16,18-19H2,1-2H3,(H,33,41)/t29-/m0/s1. The summed E-state index contributed by atoms with van der Waals surface area (Å²) in [4.78, 5) is 17.1. The molecular weight excluding hydrogens is 611 g/mol. The zero-order valence-corrected chi connectivity index (χ0v) is 26.6. The molecule has 0 aliphatic rings. The highest BCUT2D eigenvalue weighted by Crippen LogP contribution is 2.22. The predicted octanol–water partition coefficient (Wildman–Crippen LogP) is 4.62. The summed E-state index contributed by atoms with van der Waals surface area (Å²) in [6, 6.07) is 22.2. The molecule has 0 fully saturated rings. The summed E-state index contributed by atoms with van der Waals surface area (Å²) in [6.07, 6.45) is 3.68. The number of rotatable bonds is 14. The summed E-state index contributed by atoms with van der Waals surface area (Å²) in [6.45, 7) is 5.46. The molecule has 0 radical (unpaired) electrons. The van der Waals surface area contributed by atoms with Gasteiger partial charge in [0.1, 0.15) is 10.5 Å². The van der Waals surface area contributed by atoms with Gasteiger partial charge in [0.25, 0.3) is 15.9 Å². The van der Waals surface area contributed by atoms with E-state index in [2.05, 4.69) is 44.4 Å². The van der Waals surface area contributed by atoms with E-state index in [0.29, 0.717) is 29.9 Å². The first-order valence-corrected chi connectivity index (χ1v) is 16.7. The molecule has 0 saturated carbocycles. The van der Waals surface area contributed by atoms with E-state index in [4.69, 9.17) is 0 Å². The number of sulfonamides is 1. The maximum absolute atomic E-state index is 12.7. The molecule has 0 bridgehead atoms. The number of carbonyl (C=O) groups excluding carboxylic acids is 1. The van der Waals surface area contributed by atoms with Crippen molar-refractivity contribution in [2.75, 3.05) is 11.3 Å². The second-order valence-corrected chi connectivity index (χ2v) is 13.8. The number of hydrogen-bond donors (Lipinski definition) is 4. The summed E-state index contributed by atoms with van der Waals surface area (Å²) in [5.41, 5.74) is 4.57. The summed E-state index contributed by atoms with van der Waals surface area (Å²) in [5.74, 6) is -0.178. The number of carbonyl (C=O) groups is 1. The summed E-state index contributed by atoms with van der Waals surface area (Å²) in [5, 5.41) is 25.6. The van der Waals surface area contributed by atoms with Crippen molar-refractivity contribution in [2.45, 2.75) is 49.9 Å². The maximum atomic E-state index is 12.7. The van der Waals surface area contributed by atoms with Crippen molar-refractivity contribution in [3.8, 4) is 11.3 Å². The van der Waals surface area contributed by atoms with Crippen LogP contribution in [0.15, 0.2) is 102 Å². The Morgan fingerprint density at radius 2 is 1.82 bits per heavy atom. The van der Waals surface area contributed by atoms with Crippen LogP contribution in [0.4, 0.5) is 5.69 Å². The van der Waals surface area contributed by atoms with Crippen molar-refractivity contribution in [3.63, 3.8) is 0 Å². The zero-order chi connectivity index (χ0) is 31.9. The molecule has 3 aromatic carbocycles. The second-order valence-electron chi connectivity index (χ2n) is 11.2. The average molecular weight is 646 g/mol. The summed E-state index contributed by atoms with van der Waals surface area (Å²) >= 11 is 1.39. The van der Waals surface area contributed by atoms with Gasteiger partial charge in [-0.1, -0.05) is 42.5 Å². The minimum absolute atomic E-state index is 0.170. The molecule has 0 unspecified atom stereocenters. The maximum Gasteiger partial charge on any atom is 0.261 e. The van der Waals surface area contributed by atoms with Crippen LogP contribution in [0.5, 0.6) is 0 Å². The first-order valence-electron chi connectivity index (χ1n) is 14.3. The number of aliphatic hydroxyl groups excluding tert-OH is 1. The lowest BCUT2D eigenvalue weighted by Crippen LogP contribution is -2.42. The number of imidazole rings is 1. The molecule has 5 aromatic rings. The molecule has 0 aliphatic heterocycles. The Bertz CT molecular complexity index is 1810. The van der Waals surface area contributed by atoms with E-state index >= 15 is 0 Å². The van der Waals surface area contributed by atoms with Crippen LogP contribution < -0.4 is 15.4 Å². The molecule has 45 heavy (non-hydrogen) atoms. The zero-order valence-electron chi connectivity index (χ0n) is 24.9. The average Bonchev–Trinajstić information content (AvgIpc) is 3.75. The normalized spacial score (nSPS) is 12.5. The number of hydrogen-bond acceptors (Lipinski definition) is 9. The lowest BCUT2D eigenvalue weighted by molar-refractivity contribution is 0.0950. The van der Waals surface area contributed by atoms with Crippen LogP contribution in [0.3, 0.4) is 0 Å². The van der Waals surface area contributed by atoms with Crippen molar-refractivity contribution in [1.82, 2.24) is 30.4 Å². The quantitative estimate of drug-likeness (QED) is 0.137. The van der Waals surface area contributed by atoms with E-state index < -0.39 is 16.1 Å². The monoisotopic (exact) mass is 645 g/mol. The first-order chi connectivity index (χ1) is 21.6. The Labute approximate surface area is 266 Å². The van der Waals surface area contributed by atoms with Crippen molar-refractivity contribution in [3.05, 3.63) is 113 Å². The molecule has 234 valence electrons. The van der Waals surface area contributed by atoms with Gasteiger partial charge in [-0.25, -0.2) is 13.4 Å². The molecule has 2 aromatic heterocycles. The summed E-state index contributed by atoms with van der Waals surface area (Å²) < 4.78 is 30.0. The second kappa shape index (κ2) is 14.1. The van der Waals surface area contributed by atoms with Crippen LogP contribution in [-0.4, -0.2) is 51.3 Å². The van der Waals surface area contributed by atoms with E-state index in [-0.39, 0.29) is 22.9 Å². The number of aliphatic hydroxyl groups is 1. The molecule has 5 rings (SSSR count). The third-order valence-corrected chi connectivity index (χ3v) is 9.32. The van der Waals surface area contributed by atoms with Crippen LogP contribution >= 0.6 is 11.3 Å². The third kappa shape index (κ3) is 8.82. The van der Waals surface area contributed by atoms with Gasteiger partial charge < -0.3 is 20.3 Å². The Balaban J connectivity index is 1.10. The van der Waals surface area contributed by atoms with Gasteiger partial charge in [0.05, 0.1) is 29.6 Å². The number of aromatic nitrogens is 4. The fraction of sp³-hybridized carbons (Fsp3) is 0.250. The molecule has 1 amide bonds. The van der Waals surface area contributed by atoms with E-state index in [0.717, 1.165) is 22.7 Å². The van der Waals surface area contributed by atoms with Gasteiger partial charge in [-0.15, -0.1) is 21.5 Å². The van der Waals surface area contributed by atoms with Gasteiger partial charge in [-0.2, -0.15) is 0 Å². The highest BCUT2D eigenvalue weighted by Gasteiger charge is 2.20. The van der Waals surface area contributed by atoms with Crippen LogP contribution in [0, 0.1) is 0 Å². The van der Waals surface area contributed by atoms with Crippen LogP contribution in [0.2, 0.25) is 0 Å². The van der Waals surface area contributed by atoms with Crippen molar-refractivity contribution < 1.29 is 18.3 Å². The van der Waals surface area contributed by atoms with E-state index in [1.165, 1.54) is 23.5 Å². The number of nitrogens with zero attached hydrogens (tertiary/aromatic N) is 4. The smallest absolute Gasteiger partial charge is 0.261 e. The minimum atomic E-state index is -3.73. The molecule has 1 atom stereocenters. The molecule has 0 saturated heterocycles. The van der Waals surface area contributed by atoms with Gasteiger partial charge in [-0.05, 0) is 62.2 Å².